The average Bonchev–Trinajstić information content (AvgIpc) is 2.82. The van der Waals surface area contributed by atoms with Gasteiger partial charge in [-0.25, -0.2) is 4.79 Å². The summed E-state index contributed by atoms with van der Waals surface area (Å²) in [4.78, 5) is 24.4. The first kappa shape index (κ1) is 24.3. The number of benzene rings is 2. The Labute approximate surface area is 187 Å². The number of unbranched alkanes of at least 4 members (excludes halogenated alkanes) is 1. The van der Waals surface area contributed by atoms with E-state index in [0.29, 0.717) is 23.6 Å². The number of amides is 1. The van der Waals surface area contributed by atoms with Gasteiger partial charge in [-0.2, -0.15) is 5.26 Å². The monoisotopic (exact) mass is 438 g/mol. The molecule has 0 aliphatic rings. The maximum absolute atomic E-state index is 12.2. The molecule has 168 valence electrons. The predicted molar refractivity (Wildman–Crippen MR) is 119 cm³/mol. The summed E-state index contributed by atoms with van der Waals surface area (Å²) in [7, 11) is 2.93. The van der Waals surface area contributed by atoms with Gasteiger partial charge >= 0.3 is 5.97 Å². The number of nitrogens with zero attached hydrogens (tertiary/aromatic N) is 1. The van der Waals surface area contributed by atoms with Gasteiger partial charge in [-0.15, -0.1) is 0 Å². The molecule has 0 unspecified atom stereocenters. The van der Waals surface area contributed by atoms with Crippen molar-refractivity contribution in [2.75, 3.05) is 27.4 Å². The van der Waals surface area contributed by atoms with E-state index >= 15 is 0 Å². The molecule has 8 heteroatoms. The van der Waals surface area contributed by atoms with Crippen LogP contribution in [-0.4, -0.2) is 39.2 Å². The standard InChI is InChI=1S/C24H26N2O6/c1-4-5-12-26-24(28)18(15-25)13-17-10-11-21(22(14-17)30-3)32-23(27)16-31-20-9-7-6-8-19(20)29-2/h6-11,13-14H,4-5,12,16H2,1-3H3,(H,26,28)/b18-13+. The summed E-state index contributed by atoms with van der Waals surface area (Å²) in [5.41, 5.74) is 0.521. The first-order valence-corrected chi connectivity index (χ1v) is 10.1. The SMILES string of the molecule is CCCCNC(=O)/C(C#N)=C/c1ccc(OC(=O)COc2ccccc2OC)c(OC)c1. The molecular formula is C24H26N2O6. The van der Waals surface area contributed by atoms with Crippen molar-refractivity contribution in [1.29, 1.82) is 5.26 Å². The molecule has 0 fully saturated rings. The third kappa shape index (κ3) is 7.06. The van der Waals surface area contributed by atoms with Crippen molar-refractivity contribution in [1.82, 2.24) is 5.32 Å². The number of nitriles is 1. The Morgan fingerprint density at radius 1 is 1.03 bits per heavy atom. The van der Waals surface area contributed by atoms with Crippen LogP contribution in [0, 0.1) is 11.3 Å². The zero-order chi connectivity index (χ0) is 23.3. The molecule has 0 spiro atoms. The number of hydrogen-bond acceptors (Lipinski definition) is 7. The van der Waals surface area contributed by atoms with Gasteiger partial charge in [0.2, 0.25) is 0 Å². The highest BCUT2D eigenvalue weighted by Gasteiger charge is 2.14. The molecule has 2 aromatic rings. The molecule has 0 heterocycles. The third-order valence-electron chi connectivity index (χ3n) is 4.32. The smallest absolute Gasteiger partial charge is 0.349 e. The van der Waals surface area contributed by atoms with Crippen molar-refractivity contribution >= 4 is 18.0 Å². The topological polar surface area (TPSA) is 107 Å². The number of methoxy groups -OCH3 is 2. The second kappa shape index (κ2) is 12.6. The van der Waals surface area contributed by atoms with Crippen LogP contribution in [0.2, 0.25) is 0 Å². The van der Waals surface area contributed by atoms with Crippen molar-refractivity contribution in [3.05, 3.63) is 53.6 Å². The van der Waals surface area contributed by atoms with E-state index in [1.54, 1.807) is 36.4 Å². The molecule has 0 bridgehead atoms. The van der Waals surface area contributed by atoms with Gasteiger partial charge < -0.3 is 24.3 Å². The number of carbonyl (C=O) groups is 2. The average molecular weight is 438 g/mol. The minimum absolute atomic E-state index is 0.0295. The van der Waals surface area contributed by atoms with Gasteiger partial charge in [0, 0.05) is 6.54 Å². The molecule has 0 saturated carbocycles. The predicted octanol–water partition coefficient (Wildman–Crippen LogP) is 3.51. The molecule has 32 heavy (non-hydrogen) atoms. The van der Waals surface area contributed by atoms with Gasteiger partial charge in [-0.1, -0.05) is 31.5 Å². The van der Waals surface area contributed by atoms with Crippen LogP contribution in [-0.2, 0) is 9.59 Å². The molecule has 0 aliphatic heterocycles. The van der Waals surface area contributed by atoms with Crippen LogP contribution in [0.4, 0.5) is 0 Å². The minimum atomic E-state index is -0.634. The number of hydrogen-bond donors (Lipinski definition) is 1. The van der Waals surface area contributed by atoms with Gasteiger partial charge in [-0.3, -0.25) is 4.79 Å². The fraction of sp³-hybridized carbons (Fsp3) is 0.292. The summed E-state index contributed by atoms with van der Waals surface area (Å²) in [6.45, 7) is 2.18. The Kier molecular flexibility index (Phi) is 9.60. The molecule has 0 saturated heterocycles. The second-order valence-electron chi connectivity index (χ2n) is 6.60. The number of rotatable bonds is 11. The second-order valence-corrected chi connectivity index (χ2v) is 6.60. The number of esters is 1. The summed E-state index contributed by atoms with van der Waals surface area (Å²) >= 11 is 0. The highest BCUT2D eigenvalue weighted by molar-refractivity contribution is 6.01. The molecule has 0 radical (unpaired) electrons. The Hall–Kier alpha value is -3.99. The lowest BCUT2D eigenvalue weighted by Gasteiger charge is -2.12. The molecule has 1 N–H and O–H groups in total. The van der Waals surface area contributed by atoms with Crippen molar-refractivity contribution < 1.29 is 28.5 Å². The quantitative estimate of drug-likeness (QED) is 0.188. The Bertz CT molecular complexity index is 1010. The van der Waals surface area contributed by atoms with Crippen molar-refractivity contribution in [3.8, 4) is 29.1 Å². The summed E-state index contributed by atoms with van der Waals surface area (Å²) in [6, 6.07) is 13.6. The molecule has 1 amide bonds. The summed E-state index contributed by atoms with van der Waals surface area (Å²) in [6.07, 6.45) is 3.21. The number of para-hydroxylation sites is 2. The van der Waals surface area contributed by atoms with E-state index in [9.17, 15) is 14.9 Å². The third-order valence-corrected chi connectivity index (χ3v) is 4.32. The molecule has 0 aliphatic carbocycles. The van der Waals surface area contributed by atoms with E-state index in [2.05, 4.69) is 5.32 Å². The van der Waals surface area contributed by atoms with Gasteiger partial charge in [0.05, 0.1) is 14.2 Å². The normalized spacial score (nSPS) is 10.6. The summed E-state index contributed by atoms with van der Waals surface area (Å²) in [5, 5.41) is 12.0. The molecule has 8 nitrogen and oxygen atoms in total. The van der Waals surface area contributed by atoms with Crippen molar-refractivity contribution in [2.45, 2.75) is 19.8 Å². The van der Waals surface area contributed by atoms with E-state index in [-0.39, 0.29) is 23.7 Å². The van der Waals surface area contributed by atoms with Crippen LogP contribution in [0.3, 0.4) is 0 Å². The maximum atomic E-state index is 12.2. The molecule has 2 aromatic carbocycles. The molecule has 2 rings (SSSR count). The zero-order valence-corrected chi connectivity index (χ0v) is 18.3. The van der Waals surface area contributed by atoms with E-state index in [1.165, 1.54) is 26.4 Å². The van der Waals surface area contributed by atoms with E-state index in [1.807, 2.05) is 13.0 Å². The highest BCUT2D eigenvalue weighted by Crippen LogP contribution is 2.30. The van der Waals surface area contributed by atoms with E-state index < -0.39 is 11.9 Å². The van der Waals surface area contributed by atoms with Crippen molar-refractivity contribution in [2.24, 2.45) is 0 Å². The summed E-state index contributed by atoms with van der Waals surface area (Å²) < 4.78 is 21.3. The first-order chi connectivity index (χ1) is 15.5. The van der Waals surface area contributed by atoms with Gasteiger partial charge in [0.25, 0.3) is 5.91 Å². The van der Waals surface area contributed by atoms with Crippen LogP contribution in [0.5, 0.6) is 23.0 Å². The first-order valence-electron chi connectivity index (χ1n) is 10.1. The lowest BCUT2D eigenvalue weighted by molar-refractivity contribution is -0.136. The number of ether oxygens (including phenoxy) is 4. The Morgan fingerprint density at radius 2 is 1.75 bits per heavy atom. The van der Waals surface area contributed by atoms with Crippen LogP contribution < -0.4 is 24.3 Å². The Morgan fingerprint density at radius 3 is 2.41 bits per heavy atom. The molecule has 0 atom stereocenters. The lowest BCUT2D eigenvalue weighted by Crippen LogP contribution is -2.25. The van der Waals surface area contributed by atoms with Crippen molar-refractivity contribution in [3.63, 3.8) is 0 Å². The zero-order valence-electron chi connectivity index (χ0n) is 18.3. The minimum Gasteiger partial charge on any atom is -0.493 e. The lowest BCUT2D eigenvalue weighted by atomic mass is 10.1. The van der Waals surface area contributed by atoms with Gasteiger partial charge in [0.15, 0.2) is 29.6 Å². The largest absolute Gasteiger partial charge is 0.493 e. The molecule has 0 aromatic heterocycles. The number of carbonyl (C=O) groups excluding carboxylic acids is 2. The maximum Gasteiger partial charge on any atom is 0.349 e. The fourth-order valence-electron chi connectivity index (χ4n) is 2.67. The fourth-order valence-corrected chi connectivity index (χ4v) is 2.67. The Balaban J connectivity index is 2.07. The van der Waals surface area contributed by atoms with Crippen LogP contribution in [0.15, 0.2) is 48.0 Å². The van der Waals surface area contributed by atoms with Crippen LogP contribution in [0.1, 0.15) is 25.3 Å². The van der Waals surface area contributed by atoms with Gasteiger partial charge in [0.1, 0.15) is 11.6 Å². The molecular weight excluding hydrogens is 412 g/mol. The highest BCUT2D eigenvalue weighted by atomic mass is 16.6. The van der Waals surface area contributed by atoms with Gasteiger partial charge in [-0.05, 0) is 42.3 Å². The number of nitrogens with one attached hydrogen (secondary N) is 1. The van der Waals surface area contributed by atoms with Crippen LogP contribution in [0.25, 0.3) is 6.08 Å². The summed E-state index contributed by atoms with van der Waals surface area (Å²) in [5.74, 6) is 0.299. The van der Waals surface area contributed by atoms with E-state index in [0.717, 1.165) is 12.8 Å². The van der Waals surface area contributed by atoms with E-state index in [4.69, 9.17) is 18.9 Å². The van der Waals surface area contributed by atoms with Crippen LogP contribution >= 0.6 is 0 Å².